The van der Waals surface area contributed by atoms with Crippen LogP contribution in [0.5, 0.6) is 0 Å². The molecule has 0 fully saturated rings. The van der Waals surface area contributed by atoms with Crippen molar-refractivity contribution in [1.82, 2.24) is 15.2 Å². The fourth-order valence-corrected chi connectivity index (χ4v) is 1.71. The van der Waals surface area contributed by atoms with E-state index in [1.54, 1.807) is 4.90 Å². The lowest BCUT2D eigenvalue weighted by molar-refractivity contribution is 0.0664. The van der Waals surface area contributed by atoms with E-state index >= 15 is 0 Å². The molecule has 0 saturated heterocycles. The van der Waals surface area contributed by atoms with Gasteiger partial charge in [0, 0.05) is 6.04 Å². The number of anilines is 1. The van der Waals surface area contributed by atoms with Gasteiger partial charge in [-0.2, -0.15) is 0 Å². The van der Waals surface area contributed by atoms with Crippen molar-refractivity contribution in [3.63, 3.8) is 0 Å². The molecular formula is C12H16N4O3. The quantitative estimate of drug-likeness (QED) is 0.900. The molecule has 0 atom stereocenters. The summed E-state index contributed by atoms with van der Waals surface area (Å²) >= 11 is 0. The third-order valence-electron chi connectivity index (χ3n) is 2.72. The Bertz CT molecular complexity index is 573. The Labute approximate surface area is 110 Å². The largest absolute Gasteiger partial charge is 0.464 e. The Morgan fingerprint density at radius 2 is 2.16 bits per heavy atom. The lowest BCUT2D eigenvalue weighted by atomic mass is 10.2. The zero-order valence-corrected chi connectivity index (χ0v) is 11.1. The van der Waals surface area contributed by atoms with Gasteiger partial charge >= 0.3 is 0 Å². The number of carbonyl (C=O) groups is 1. The number of nitrogens with two attached hydrogens (primary N) is 1. The van der Waals surface area contributed by atoms with Crippen LogP contribution in [0.1, 0.15) is 35.9 Å². The van der Waals surface area contributed by atoms with Crippen molar-refractivity contribution in [2.24, 2.45) is 0 Å². The minimum absolute atomic E-state index is 0.00808. The molecule has 102 valence electrons. The molecule has 0 aliphatic carbocycles. The highest BCUT2D eigenvalue weighted by Gasteiger charge is 2.25. The summed E-state index contributed by atoms with van der Waals surface area (Å²) < 4.78 is 9.93. The van der Waals surface area contributed by atoms with Gasteiger partial charge in [-0.25, -0.2) is 4.63 Å². The number of aryl methyl sites for hydroxylation is 1. The second-order valence-electron chi connectivity index (χ2n) is 4.54. The molecule has 2 rings (SSSR count). The number of aromatic nitrogens is 2. The lowest BCUT2D eigenvalue weighted by Crippen LogP contribution is -2.36. The minimum atomic E-state index is -0.331. The number of carbonyl (C=O) groups excluding carboxylic acids is 1. The average molecular weight is 264 g/mol. The van der Waals surface area contributed by atoms with Crippen LogP contribution in [-0.2, 0) is 6.54 Å². The van der Waals surface area contributed by atoms with Gasteiger partial charge in [-0.15, -0.1) is 0 Å². The Morgan fingerprint density at radius 3 is 2.63 bits per heavy atom. The van der Waals surface area contributed by atoms with Gasteiger partial charge in [0.25, 0.3) is 5.91 Å². The second kappa shape index (κ2) is 5.13. The van der Waals surface area contributed by atoms with Crippen molar-refractivity contribution in [2.75, 3.05) is 5.73 Å². The van der Waals surface area contributed by atoms with Crippen molar-refractivity contribution in [3.8, 4) is 0 Å². The van der Waals surface area contributed by atoms with Crippen LogP contribution in [0.25, 0.3) is 0 Å². The van der Waals surface area contributed by atoms with E-state index in [1.165, 1.54) is 0 Å². The predicted molar refractivity (Wildman–Crippen MR) is 67.2 cm³/mol. The zero-order chi connectivity index (χ0) is 14.0. The highest BCUT2D eigenvalue weighted by molar-refractivity contribution is 5.96. The summed E-state index contributed by atoms with van der Waals surface area (Å²) in [6.45, 7) is 6.00. The van der Waals surface area contributed by atoms with Gasteiger partial charge < -0.3 is 15.1 Å². The Hall–Kier alpha value is -2.31. The molecule has 0 saturated carbocycles. The molecule has 2 N–H and O–H groups in total. The smallest absolute Gasteiger partial charge is 0.280 e. The van der Waals surface area contributed by atoms with Crippen molar-refractivity contribution < 1.29 is 13.8 Å². The van der Waals surface area contributed by atoms with Gasteiger partial charge in [0.05, 0.1) is 6.54 Å². The minimum Gasteiger partial charge on any atom is -0.464 e. The standard InChI is InChI=1S/C12H16N4O3/c1-7(2)16(6-9-5-4-8(3)18-9)12(17)10-11(13)15-19-14-10/h4-5,7H,6H2,1-3H3,(H2,13,15). The molecule has 0 aromatic carbocycles. The topological polar surface area (TPSA) is 98.4 Å². The summed E-state index contributed by atoms with van der Waals surface area (Å²) in [6, 6.07) is 3.65. The van der Waals surface area contributed by atoms with Crippen LogP contribution >= 0.6 is 0 Å². The normalized spacial score (nSPS) is 10.9. The Morgan fingerprint density at radius 1 is 1.42 bits per heavy atom. The van der Waals surface area contributed by atoms with E-state index in [-0.39, 0.29) is 23.5 Å². The first-order valence-corrected chi connectivity index (χ1v) is 5.93. The molecule has 2 aromatic rings. The van der Waals surface area contributed by atoms with E-state index in [4.69, 9.17) is 10.2 Å². The number of nitrogen functional groups attached to an aromatic ring is 1. The number of rotatable bonds is 4. The van der Waals surface area contributed by atoms with Crippen LogP contribution in [-0.4, -0.2) is 27.2 Å². The molecule has 0 aliphatic rings. The maximum absolute atomic E-state index is 12.3. The van der Waals surface area contributed by atoms with Crippen molar-refractivity contribution >= 4 is 11.7 Å². The zero-order valence-electron chi connectivity index (χ0n) is 11.1. The predicted octanol–water partition coefficient (Wildman–Crippen LogP) is 1.60. The third-order valence-corrected chi connectivity index (χ3v) is 2.72. The first-order valence-electron chi connectivity index (χ1n) is 5.93. The molecule has 7 nitrogen and oxygen atoms in total. The van der Waals surface area contributed by atoms with E-state index in [9.17, 15) is 4.79 Å². The van der Waals surface area contributed by atoms with E-state index < -0.39 is 0 Å². The maximum atomic E-state index is 12.3. The van der Waals surface area contributed by atoms with E-state index in [0.717, 1.165) is 5.76 Å². The molecule has 2 aromatic heterocycles. The van der Waals surface area contributed by atoms with E-state index in [2.05, 4.69) is 14.9 Å². The first kappa shape index (κ1) is 13.1. The molecule has 2 heterocycles. The fourth-order valence-electron chi connectivity index (χ4n) is 1.71. The van der Waals surface area contributed by atoms with E-state index in [1.807, 2.05) is 32.9 Å². The van der Waals surface area contributed by atoms with Gasteiger partial charge in [-0.05, 0) is 43.2 Å². The number of furan rings is 1. The molecule has 1 amide bonds. The highest BCUT2D eigenvalue weighted by Crippen LogP contribution is 2.16. The number of nitrogens with zero attached hydrogens (tertiary/aromatic N) is 3. The van der Waals surface area contributed by atoms with Crippen LogP contribution in [0, 0.1) is 6.92 Å². The summed E-state index contributed by atoms with van der Waals surface area (Å²) in [5.74, 6) is 1.16. The van der Waals surface area contributed by atoms with Crippen molar-refractivity contribution in [2.45, 2.75) is 33.4 Å². The van der Waals surface area contributed by atoms with Gasteiger partial charge in [-0.3, -0.25) is 4.79 Å². The SMILES string of the molecule is Cc1ccc(CN(C(=O)c2nonc2N)C(C)C)o1. The monoisotopic (exact) mass is 264 g/mol. The molecular weight excluding hydrogens is 248 g/mol. The second-order valence-corrected chi connectivity index (χ2v) is 4.54. The average Bonchev–Trinajstić information content (AvgIpc) is 2.94. The molecule has 0 aliphatic heterocycles. The molecule has 7 heteroatoms. The third kappa shape index (κ3) is 2.75. The Kier molecular flexibility index (Phi) is 3.55. The molecule has 0 radical (unpaired) electrons. The first-order chi connectivity index (χ1) is 8.99. The van der Waals surface area contributed by atoms with Gasteiger partial charge in [-0.1, -0.05) is 0 Å². The fraction of sp³-hybridized carbons (Fsp3) is 0.417. The van der Waals surface area contributed by atoms with Crippen LogP contribution in [0.4, 0.5) is 5.82 Å². The van der Waals surface area contributed by atoms with Crippen LogP contribution in [0.15, 0.2) is 21.2 Å². The molecule has 0 unspecified atom stereocenters. The summed E-state index contributed by atoms with van der Waals surface area (Å²) in [7, 11) is 0. The van der Waals surface area contributed by atoms with Crippen LogP contribution < -0.4 is 5.73 Å². The summed E-state index contributed by atoms with van der Waals surface area (Å²) in [4.78, 5) is 13.9. The van der Waals surface area contributed by atoms with Crippen LogP contribution in [0.3, 0.4) is 0 Å². The number of amides is 1. The number of hydrogen-bond acceptors (Lipinski definition) is 6. The molecule has 0 spiro atoms. The lowest BCUT2D eigenvalue weighted by Gasteiger charge is -2.24. The van der Waals surface area contributed by atoms with Gasteiger partial charge in [0.2, 0.25) is 11.5 Å². The Balaban J connectivity index is 2.21. The van der Waals surface area contributed by atoms with Crippen molar-refractivity contribution in [3.05, 3.63) is 29.3 Å². The molecule has 0 bridgehead atoms. The van der Waals surface area contributed by atoms with Gasteiger partial charge in [0.1, 0.15) is 11.5 Å². The maximum Gasteiger partial charge on any atom is 0.280 e. The van der Waals surface area contributed by atoms with Crippen molar-refractivity contribution in [1.29, 1.82) is 0 Å². The number of hydrogen-bond donors (Lipinski definition) is 1. The summed E-state index contributed by atoms with van der Waals surface area (Å²) in [5, 5.41) is 6.94. The molecule has 19 heavy (non-hydrogen) atoms. The van der Waals surface area contributed by atoms with Gasteiger partial charge in [0.15, 0.2) is 0 Å². The highest BCUT2D eigenvalue weighted by atomic mass is 16.6. The summed E-state index contributed by atoms with van der Waals surface area (Å²) in [6.07, 6.45) is 0. The summed E-state index contributed by atoms with van der Waals surface area (Å²) in [5.41, 5.74) is 5.56. The van der Waals surface area contributed by atoms with Crippen LogP contribution in [0.2, 0.25) is 0 Å². The van der Waals surface area contributed by atoms with E-state index in [0.29, 0.717) is 12.3 Å².